The van der Waals surface area contributed by atoms with Crippen LogP contribution in [0.1, 0.15) is 42.6 Å². The zero-order valence-corrected chi connectivity index (χ0v) is 15.1. The number of ether oxygens (including phenoxy) is 2. The molecule has 7 nitrogen and oxygen atoms in total. The smallest absolute Gasteiger partial charge is 0.276 e. The number of nitrogens with one attached hydrogen (secondary N) is 2. The Morgan fingerprint density at radius 2 is 1.85 bits per heavy atom. The lowest BCUT2D eigenvalue weighted by atomic mass is 9.95. The number of benzene rings is 1. The molecule has 1 heterocycles. The zero-order valence-electron chi connectivity index (χ0n) is 15.1. The van der Waals surface area contributed by atoms with E-state index in [1.165, 1.54) is 26.4 Å². The van der Waals surface area contributed by atoms with Crippen molar-refractivity contribution in [1.29, 1.82) is 0 Å². The minimum Gasteiger partial charge on any atom is -0.497 e. The number of hydrogen-bond acceptors (Lipinski definition) is 6. The second-order valence-electron chi connectivity index (χ2n) is 6.30. The number of nitrogens with zero attached hydrogens (tertiary/aromatic N) is 2. The van der Waals surface area contributed by atoms with Crippen molar-refractivity contribution in [3.05, 3.63) is 36.0 Å². The highest BCUT2D eigenvalue weighted by Crippen LogP contribution is 2.29. The molecule has 1 aromatic carbocycles. The van der Waals surface area contributed by atoms with E-state index in [9.17, 15) is 4.79 Å². The molecule has 0 unspecified atom stereocenters. The van der Waals surface area contributed by atoms with Crippen LogP contribution in [-0.2, 0) is 0 Å². The van der Waals surface area contributed by atoms with Gasteiger partial charge in [0.25, 0.3) is 5.91 Å². The largest absolute Gasteiger partial charge is 0.497 e. The summed E-state index contributed by atoms with van der Waals surface area (Å²) in [7, 11) is 3.11. The summed E-state index contributed by atoms with van der Waals surface area (Å²) in [6.07, 6.45) is 6.10. The van der Waals surface area contributed by atoms with Crippen LogP contribution in [0.2, 0.25) is 0 Å². The summed E-state index contributed by atoms with van der Waals surface area (Å²) < 4.78 is 10.4. The summed E-state index contributed by atoms with van der Waals surface area (Å²) in [5, 5.41) is 14.3. The summed E-state index contributed by atoms with van der Waals surface area (Å²) in [4.78, 5) is 12.4. The van der Waals surface area contributed by atoms with Crippen LogP contribution < -0.4 is 20.1 Å². The van der Waals surface area contributed by atoms with E-state index in [-0.39, 0.29) is 11.6 Å². The Morgan fingerprint density at radius 3 is 2.50 bits per heavy atom. The summed E-state index contributed by atoms with van der Waals surface area (Å²) in [5.74, 6) is 1.53. The topological polar surface area (TPSA) is 85.4 Å². The Hall–Kier alpha value is -2.83. The van der Waals surface area contributed by atoms with Gasteiger partial charge in [-0.3, -0.25) is 4.79 Å². The molecule has 2 N–H and O–H groups in total. The number of rotatable bonds is 6. The van der Waals surface area contributed by atoms with Crippen LogP contribution in [0.25, 0.3) is 0 Å². The molecule has 0 spiro atoms. The first-order chi connectivity index (χ1) is 12.7. The molecule has 26 heavy (non-hydrogen) atoms. The number of aromatic nitrogens is 2. The van der Waals surface area contributed by atoms with Gasteiger partial charge in [-0.05, 0) is 37.1 Å². The van der Waals surface area contributed by atoms with Crippen LogP contribution in [0.15, 0.2) is 30.3 Å². The lowest BCUT2D eigenvalue weighted by molar-refractivity contribution is 0.102. The van der Waals surface area contributed by atoms with Crippen molar-refractivity contribution in [2.24, 2.45) is 0 Å². The number of amides is 1. The third-order valence-electron chi connectivity index (χ3n) is 4.51. The predicted octanol–water partition coefficient (Wildman–Crippen LogP) is 3.49. The number of carbonyl (C=O) groups is 1. The van der Waals surface area contributed by atoms with Gasteiger partial charge in [0.05, 0.1) is 19.9 Å². The van der Waals surface area contributed by atoms with E-state index in [1.807, 2.05) is 0 Å². The van der Waals surface area contributed by atoms with Crippen LogP contribution in [0, 0.1) is 0 Å². The fraction of sp³-hybridized carbons (Fsp3) is 0.421. The summed E-state index contributed by atoms with van der Waals surface area (Å²) in [6.45, 7) is 0. The van der Waals surface area contributed by atoms with Crippen molar-refractivity contribution >= 4 is 17.4 Å². The van der Waals surface area contributed by atoms with Crippen molar-refractivity contribution < 1.29 is 14.3 Å². The molecule has 1 aromatic heterocycles. The van der Waals surface area contributed by atoms with Gasteiger partial charge >= 0.3 is 0 Å². The average Bonchev–Trinajstić information content (AvgIpc) is 2.69. The van der Waals surface area contributed by atoms with Crippen LogP contribution in [0.4, 0.5) is 11.5 Å². The Labute approximate surface area is 153 Å². The highest BCUT2D eigenvalue weighted by molar-refractivity contribution is 6.03. The zero-order chi connectivity index (χ0) is 18.4. The third-order valence-corrected chi connectivity index (χ3v) is 4.51. The van der Waals surface area contributed by atoms with E-state index in [4.69, 9.17) is 9.47 Å². The molecule has 1 aliphatic rings. The van der Waals surface area contributed by atoms with Gasteiger partial charge in [-0.2, -0.15) is 0 Å². The van der Waals surface area contributed by atoms with Gasteiger partial charge in [0, 0.05) is 12.1 Å². The monoisotopic (exact) mass is 356 g/mol. The van der Waals surface area contributed by atoms with E-state index in [0.29, 0.717) is 29.0 Å². The fourth-order valence-electron chi connectivity index (χ4n) is 3.07. The van der Waals surface area contributed by atoms with Gasteiger partial charge in [0.15, 0.2) is 5.69 Å². The second-order valence-corrected chi connectivity index (χ2v) is 6.30. The first-order valence-electron chi connectivity index (χ1n) is 8.83. The number of hydrogen-bond donors (Lipinski definition) is 2. The molecule has 1 aliphatic carbocycles. The van der Waals surface area contributed by atoms with Gasteiger partial charge in [-0.25, -0.2) is 0 Å². The van der Waals surface area contributed by atoms with Crippen LogP contribution >= 0.6 is 0 Å². The Kier molecular flexibility index (Phi) is 5.88. The minimum atomic E-state index is -0.342. The van der Waals surface area contributed by atoms with Crippen molar-refractivity contribution in [2.45, 2.75) is 38.1 Å². The quantitative estimate of drug-likeness (QED) is 0.824. The maximum atomic E-state index is 12.4. The standard InChI is InChI=1S/C19H24N4O3/c1-25-14-8-9-15(17(12-14)26-2)21-19(24)16-10-11-18(23-22-16)20-13-6-4-3-5-7-13/h8-13H,3-7H2,1-2H3,(H,20,23)(H,21,24). The lowest BCUT2D eigenvalue weighted by Gasteiger charge is -2.22. The Balaban J connectivity index is 1.64. The SMILES string of the molecule is COc1ccc(NC(=O)c2ccc(NC3CCCCC3)nn2)c(OC)c1. The fourth-order valence-corrected chi connectivity index (χ4v) is 3.07. The highest BCUT2D eigenvalue weighted by Gasteiger charge is 2.15. The lowest BCUT2D eigenvalue weighted by Crippen LogP contribution is -2.23. The predicted molar refractivity (Wildman–Crippen MR) is 100 cm³/mol. The van der Waals surface area contributed by atoms with Crippen molar-refractivity contribution in [3.63, 3.8) is 0 Å². The number of methoxy groups -OCH3 is 2. The molecule has 0 saturated heterocycles. The van der Waals surface area contributed by atoms with Crippen LogP contribution in [0.5, 0.6) is 11.5 Å². The van der Waals surface area contributed by atoms with E-state index >= 15 is 0 Å². The maximum Gasteiger partial charge on any atom is 0.276 e. The molecule has 1 amide bonds. The number of carbonyl (C=O) groups excluding carboxylic acids is 1. The molecule has 1 fully saturated rings. The van der Waals surface area contributed by atoms with Crippen molar-refractivity contribution in [1.82, 2.24) is 10.2 Å². The van der Waals surface area contributed by atoms with Crippen molar-refractivity contribution in [2.75, 3.05) is 24.9 Å². The van der Waals surface area contributed by atoms with E-state index in [2.05, 4.69) is 20.8 Å². The summed E-state index contributed by atoms with van der Waals surface area (Å²) >= 11 is 0. The molecule has 0 bridgehead atoms. The molecular weight excluding hydrogens is 332 g/mol. The first kappa shape index (κ1) is 18.0. The molecule has 7 heteroatoms. The van der Waals surface area contributed by atoms with Crippen molar-refractivity contribution in [3.8, 4) is 11.5 Å². The first-order valence-corrected chi connectivity index (χ1v) is 8.83. The summed E-state index contributed by atoms with van der Waals surface area (Å²) in [6, 6.07) is 9.09. The highest BCUT2D eigenvalue weighted by atomic mass is 16.5. The van der Waals surface area contributed by atoms with E-state index in [1.54, 1.807) is 37.4 Å². The van der Waals surface area contributed by atoms with Crippen LogP contribution in [0.3, 0.4) is 0 Å². The third kappa shape index (κ3) is 4.41. The molecule has 0 atom stereocenters. The van der Waals surface area contributed by atoms with E-state index in [0.717, 1.165) is 12.8 Å². The molecule has 1 saturated carbocycles. The second kappa shape index (κ2) is 8.51. The molecular formula is C19H24N4O3. The molecule has 2 aromatic rings. The van der Waals surface area contributed by atoms with Gasteiger partial charge in [0.1, 0.15) is 17.3 Å². The molecule has 138 valence electrons. The van der Waals surface area contributed by atoms with Gasteiger partial charge in [-0.15, -0.1) is 10.2 Å². The molecule has 3 rings (SSSR count). The number of anilines is 2. The molecule has 0 aliphatic heterocycles. The van der Waals surface area contributed by atoms with Crippen LogP contribution in [-0.4, -0.2) is 36.4 Å². The summed E-state index contributed by atoms with van der Waals surface area (Å²) in [5.41, 5.74) is 0.793. The molecule has 0 radical (unpaired) electrons. The Morgan fingerprint density at radius 1 is 1.04 bits per heavy atom. The average molecular weight is 356 g/mol. The maximum absolute atomic E-state index is 12.4. The van der Waals surface area contributed by atoms with Gasteiger partial charge in [-0.1, -0.05) is 19.3 Å². The minimum absolute atomic E-state index is 0.247. The van der Waals surface area contributed by atoms with Gasteiger partial charge in [0.2, 0.25) is 0 Å². The van der Waals surface area contributed by atoms with Gasteiger partial charge < -0.3 is 20.1 Å². The Bertz CT molecular complexity index is 743. The van der Waals surface area contributed by atoms with E-state index < -0.39 is 0 Å². The normalized spacial score (nSPS) is 14.5.